The van der Waals surface area contributed by atoms with Gasteiger partial charge in [0.1, 0.15) is 5.82 Å². The molecule has 1 heterocycles. The summed E-state index contributed by atoms with van der Waals surface area (Å²) in [6.45, 7) is 4.10. The number of aryl methyl sites for hydroxylation is 1. The Morgan fingerprint density at radius 2 is 1.92 bits per heavy atom. The topological polar surface area (TPSA) is 63.2 Å². The van der Waals surface area contributed by atoms with E-state index in [1.54, 1.807) is 19.9 Å². The van der Waals surface area contributed by atoms with Gasteiger partial charge in [0.2, 0.25) is 0 Å². The molecule has 1 aromatic heterocycles. The number of anilines is 2. The van der Waals surface area contributed by atoms with Gasteiger partial charge < -0.3 is 10.1 Å². The Morgan fingerprint density at radius 3 is 2.48 bits per heavy atom. The van der Waals surface area contributed by atoms with Crippen molar-refractivity contribution in [2.45, 2.75) is 26.6 Å². The van der Waals surface area contributed by atoms with E-state index in [0.29, 0.717) is 23.6 Å². The average molecular weight is 353 g/mol. The van der Waals surface area contributed by atoms with E-state index in [4.69, 9.17) is 4.74 Å². The zero-order valence-corrected chi connectivity index (χ0v) is 13.8. The molecule has 2 aromatic rings. The number of nitrogens with zero attached hydrogens (tertiary/aromatic N) is 1. The fourth-order valence-corrected chi connectivity index (χ4v) is 2.06. The lowest BCUT2D eigenvalue weighted by atomic mass is 10.1. The van der Waals surface area contributed by atoms with Crippen molar-refractivity contribution in [3.8, 4) is 0 Å². The average Bonchev–Trinajstić information content (AvgIpc) is 2.55. The number of benzene rings is 1. The highest BCUT2D eigenvalue weighted by Gasteiger charge is 2.29. The van der Waals surface area contributed by atoms with Gasteiger partial charge >= 0.3 is 12.3 Å². The number of alkyl halides is 3. The van der Waals surface area contributed by atoms with Gasteiger partial charge in [-0.05, 0) is 43.2 Å². The van der Waals surface area contributed by atoms with E-state index in [1.807, 2.05) is 0 Å². The molecule has 0 bridgehead atoms. The SMILES string of the molecule is CCOC(=O)Nc1cnc(NCc2ccc(C(F)(F)F)cc2)cc1C. The lowest BCUT2D eigenvalue weighted by Gasteiger charge is -2.11. The second-order valence-electron chi connectivity index (χ2n) is 5.28. The number of hydrogen-bond donors (Lipinski definition) is 2. The van der Waals surface area contributed by atoms with Crippen molar-refractivity contribution < 1.29 is 22.7 Å². The lowest BCUT2D eigenvalue weighted by molar-refractivity contribution is -0.137. The van der Waals surface area contributed by atoms with Crippen molar-refractivity contribution >= 4 is 17.6 Å². The highest BCUT2D eigenvalue weighted by atomic mass is 19.4. The molecule has 2 rings (SSSR count). The number of aromatic nitrogens is 1. The number of hydrogen-bond acceptors (Lipinski definition) is 4. The number of halogens is 3. The van der Waals surface area contributed by atoms with Crippen LogP contribution in [-0.2, 0) is 17.5 Å². The number of pyridine rings is 1. The summed E-state index contributed by atoms with van der Waals surface area (Å²) < 4.78 is 42.4. The largest absolute Gasteiger partial charge is 0.450 e. The molecule has 5 nitrogen and oxygen atoms in total. The van der Waals surface area contributed by atoms with Gasteiger partial charge in [-0.25, -0.2) is 9.78 Å². The van der Waals surface area contributed by atoms with Crippen LogP contribution in [0.5, 0.6) is 0 Å². The lowest BCUT2D eigenvalue weighted by Crippen LogP contribution is -2.14. The van der Waals surface area contributed by atoms with Crippen LogP contribution < -0.4 is 10.6 Å². The van der Waals surface area contributed by atoms with Crippen LogP contribution in [-0.4, -0.2) is 17.7 Å². The maximum absolute atomic E-state index is 12.5. The molecule has 0 radical (unpaired) electrons. The zero-order valence-electron chi connectivity index (χ0n) is 13.8. The summed E-state index contributed by atoms with van der Waals surface area (Å²) in [6.07, 6.45) is -3.41. The number of amides is 1. The van der Waals surface area contributed by atoms with Crippen LogP contribution in [0.2, 0.25) is 0 Å². The van der Waals surface area contributed by atoms with Gasteiger partial charge in [0.25, 0.3) is 0 Å². The van der Waals surface area contributed by atoms with Crippen LogP contribution in [0.4, 0.5) is 29.5 Å². The standard InChI is InChI=1S/C17H18F3N3O2/c1-3-25-16(24)23-14-10-22-15(8-11(14)2)21-9-12-4-6-13(7-5-12)17(18,19)20/h4-8,10H,3,9H2,1-2H3,(H,21,22)(H,23,24). The van der Waals surface area contributed by atoms with Crippen LogP contribution >= 0.6 is 0 Å². The van der Waals surface area contributed by atoms with E-state index in [-0.39, 0.29) is 6.61 Å². The third kappa shape index (κ3) is 5.37. The Bertz CT molecular complexity index is 731. The third-order valence-corrected chi connectivity index (χ3v) is 3.38. The highest BCUT2D eigenvalue weighted by Crippen LogP contribution is 2.29. The number of carbonyl (C=O) groups excluding carboxylic acids is 1. The first kappa shape index (κ1) is 18.6. The molecule has 25 heavy (non-hydrogen) atoms. The van der Waals surface area contributed by atoms with Crippen molar-refractivity contribution in [3.63, 3.8) is 0 Å². The maximum atomic E-state index is 12.5. The molecule has 0 aliphatic heterocycles. The van der Waals surface area contributed by atoms with Gasteiger partial charge in [-0.15, -0.1) is 0 Å². The Balaban J connectivity index is 1.97. The first-order valence-corrected chi connectivity index (χ1v) is 7.60. The summed E-state index contributed by atoms with van der Waals surface area (Å²) in [7, 11) is 0. The second-order valence-corrected chi connectivity index (χ2v) is 5.28. The van der Waals surface area contributed by atoms with Crippen LogP contribution in [0.25, 0.3) is 0 Å². The molecular weight excluding hydrogens is 335 g/mol. The van der Waals surface area contributed by atoms with Gasteiger partial charge in [0, 0.05) is 6.54 Å². The summed E-state index contributed by atoms with van der Waals surface area (Å²) in [4.78, 5) is 15.6. The van der Waals surface area contributed by atoms with Crippen molar-refractivity contribution in [2.24, 2.45) is 0 Å². The van der Waals surface area contributed by atoms with Gasteiger partial charge in [-0.2, -0.15) is 13.2 Å². The third-order valence-electron chi connectivity index (χ3n) is 3.38. The molecule has 0 fully saturated rings. The van der Waals surface area contributed by atoms with E-state index in [2.05, 4.69) is 15.6 Å². The monoisotopic (exact) mass is 353 g/mol. The van der Waals surface area contributed by atoms with E-state index >= 15 is 0 Å². The number of rotatable bonds is 5. The quantitative estimate of drug-likeness (QED) is 0.825. The van der Waals surface area contributed by atoms with E-state index in [1.165, 1.54) is 18.3 Å². The maximum Gasteiger partial charge on any atom is 0.416 e. The Labute approximate surface area is 143 Å². The first-order chi connectivity index (χ1) is 11.8. The fourth-order valence-electron chi connectivity index (χ4n) is 2.06. The predicted molar refractivity (Wildman–Crippen MR) is 88.4 cm³/mol. The van der Waals surface area contributed by atoms with Crippen molar-refractivity contribution in [2.75, 3.05) is 17.2 Å². The summed E-state index contributed by atoms with van der Waals surface area (Å²) in [5, 5.41) is 5.60. The summed E-state index contributed by atoms with van der Waals surface area (Å²) in [5.41, 5.74) is 1.32. The van der Waals surface area contributed by atoms with Crippen LogP contribution in [0.3, 0.4) is 0 Å². The number of nitrogens with one attached hydrogen (secondary N) is 2. The molecule has 0 saturated heterocycles. The first-order valence-electron chi connectivity index (χ1n) is 7.60. The second kappa shape index (κ2) is 7.87. The van der Waals surface area contributed by atoms with Crippen LogP contribution in [0.15, 0.2) is 36.5 Å². The molecule has 0 atom stereocenters. The van der Waals surface area contributed by atoms with Gasteiger partial charge in [-0.1, -0.05) is 12.1 Å². The van der Waals surface area contributed by atoms with E-state index in [9.17, 15) is 18.0 Å². The van der Waals surface area contributed by atoms with Crippen molar-refractivity contribution in [3.05, 3.63) is 53.2 Å². The Kier molecular flexibility index (Phi) is 5.84. The molecule has 1 amide bonds. The molecule has 0 aliphatic rings. The van der Waals surface area contributed by atoms with Crippen molar-refractivity contribution in [1.82, 2.24) is 4.98 Å². The Morgan fingerprint density at radius 1 is 1.24 bits per heavy atom. The normalized spacial score (nSPS) is 11.1. The minimum atomic E-state index is -4.34. The summed E-state index contributed by atoms with van der Waals surface area (Å²) in [5.74, 6) is 0.548. The van der Waals surface area contributed by atoms with Crippen LogP contribution in [0.1, 0.15) is 23.6 Å². The van der Waals surface area contributed by atoms with Gasteiger partial charge in [-0.3, -0.25) is 5.32 Å². The molecule has 2 N–H and O–H groups in total. The Hall–Kier alpha value is -2.77. The van der Waals surface area contributed by atoms with Crippen molar-refractivity contribution in [1.29, 1.82) is 0 Å². The molecule has 0 unspecified atom stereocenters. The minimum Gasteiger partial charge on any atom is -0.450 e. The van der Waals surface area contributed by atoms with Crippen LogP contribution in [0, 0.1) is 6.92 Å². The fraction of sp³-hybridized carbons (Fsp3) is 0.294. The molecule has 1 aromatic carbocycles. The molecule has 8 heteroatoms. The van der Waals surface area contributed by atoms with Gasteiger partial charge in [0.15, 0.2) is 0 Å². The smallest absolute Gasteiger partial charge is 0.416 e. The number of carbonyl (C=O) groups is 1. The summed E-state index contributed by atoms with van der Waals surface area (Å²) in [6, 6.07) is 6.65. The highest BCUT2D eigenvalue weighted by molar-refractivity contribution is 5.85. The predicted octanol–water partition coefficient (Wildman–Crippen LogP) is 4.59. The number of ether oxygens (including phenoxy) is 1. The molecule has 134 valence electrons. The van der Waals surface area contributed by atoms with E-state index < -0.39 is 17.8 Å². The van der Waals surface area contributed by atoms with Gasteiger partial charge in [0.05, 0.1) is 24.1 Å². The van der Waals surface area contributed by atoms with E-state index in [0.717, 1.165) is 17.7 Å². The molecule has 0 aliphatic carbocycles. The molecule has 0 spiro atoms. The molecule has 0 saturated carbocycles. The molecular formula is C17H18F3N3O2. The summed E-state index contributed by atoms with van der Waals surface area (Å²) >= 11 is 0. The minimum absolute atomic E-state index is 0.269. The zero-order chi connectivity index (χ0) is 18.4.